The van der Waals surface area contributed by atoms with Gasteiger partial charge in [-0.2, -0.15) is 0 Å². The lowest BCUT2D eigenvalue weighted by atomic mass is 9.93. The summed E-state index contributed by atoms with van der Waals surface area (Å²) in [7, 11) is 0. The summed E-state index contributed by atoms with van der Waals surface area (Å²) in [6, 6.07) is 0.141. The molecule has 1 aliphatic heterocycles. The molecule has 0 unspecified atom stereocenters. The van der Waals surface area contributed by atoms with Crippen LogP contribution in [0.3, 0.4) is 0 Å². The van der Waals surface area contributed by atoms with Gasteiger partial charge in [0.15, 0.2) is 0 Å². The number of aliphatic carboxylic acids is 1. The van der Waals surface area contributed by atoms with Crippen molar-refractivity contribution in [1.82, 2.24) is 5.32 Å². The molecule has 1 fully saturated rings. The van der Waals surface area contributed by atoms with Crippen molar-refractivity contribution >= 4 is 11.9 Å². The first-order chi connectivity index (χ1) is 7.65. The number of nitrogens with one attached hydrogen (secondary N) is 1. The number of carbonyl (C=O) groups is 2. The molecule has 5 nitrogen and oxygen atoms in total. The number of ether oxygens (including phenoxy) is 1. The van der Waals surface area contributed by atoms with Gasteiger partial charge in [0.05, 0.1) is 6.42 Å². The van der Waals surface area contributed by atoms with E-state index < -0.39 is 23.1 Å². The Morgan fingerprint density at radius 3 is 2.41 bits per heavy atom. The summed E-state index contributed by atoms with van der Waals surface area (Å²) in [5.41, 5.74) is -1.66. The Balaban J connectivity index is 2.84. The van der Waals surface area contributed by atoms with Crippen molar-refractivity contribution < 1.29 is 19.4 Å². The third-order valence-corrected chi connectivity index (χ3v) is 2.77. The first-order valence-electron chi connectivity index (χ1n) is 5.88. The zero-order valence-electron chi connectivity index (χ0n) is 10.9. The average molecular weight is 243 g/mol. The normalized spacial score (nSPS) is 29.1. The molecule has 0 amide bonds. The first-order valence-corrected chi connectivity index (χ1v) is 5.88. The van der Waals surface area contributed by atoms with E-state index in [9.17, 15) is 9.59 Å². The smallest absolute Gasteiger partial charge is 0.327 e. The number of esters is 1. The van der Waals surface area contributed by atoms with Gasteiger partial charge in [0, 0.05) is 6.04 Å². The van der Waals surface area contributed by atoms with Crippen LogP contribution in [-0.4, -0.2) is 34.2 Å². The van der Waals surface area contributed by atoms with Crippen molar-refractivity contribution in [3.63, 3.8) is 0 Å². The molecule has 0 saturated carbocycles. The number of hydrogen-bond donors (Lipinski definition) is 2. The average Bonchev–Trinajstić information content (AvgIpc) is 2.44. The molecule has 2 atom stereocenters. The van der Waals surface area contributed by atoms with Gasteiger partial charge in [-0.15, -0.1) is 0 Å². The first kappa shape index (κ1) is 14.0. The minimum absolute atomic E-state index is 0.141. The van der Waals surface area contributed by atoms with Crippen LogP contribution in [-0.2, 0) is 14.3 Å². The quantitative estimate of drug-likeness (QED) is 0.731. The maximum Gasteiger partial charge on any atom is 0.327 e. The van der Waals surface area contributed by atoms with Crippen molar-refractivity contribution in [2.75, 3.05) is 0 Å². The number of hydrogen-bond acceptors (Lipinski definition) is 4. The molecule has 17 heavy (non-hydrogen) atoms. The highest BCUT2D eigenvalue weighted by atomic mass is 16.6. The second-order valence-corrected chi connectivity index (χ2v) is 5.74. The molecule has 98 valence electrons. The van der Waals surface area contributed by atoms with E-state index in [1.807, 2.05) is 6.92 Å². The fraction of sp³-hybridized carbons (Fsp3) is 0.833. The third-order valence-electron chi connectivity index (χ3n) is 2.77. The van der Waals surface area contributed by atoms with E-state index in [0.29, 0.717) is 6.42 Å². The monoisotopic (exact) mass is 243 g/mol. The molecule has 0 aromatic carbocycles. The highest BCUT2D eigenvalue weighted by Crippen LogP contribution is 2.29. The van der Waals surface area contributed by atoms with Crippen LogP contribution in [0, 0.1) is 0 Å². The van der Waals surface area contributed by atoms with Crippen molar-refractivity contribution in [3.8, 4) is 0 Å². The van der Waals surface area contributed by atoms with Crippen LogP contribution < -0.4 is 5.32 Å². The van der Waals surface area contributed by atoms with E-state index in [1.54, 1.807) is 20.8 Å². The van der Waals surface area contributed by atoms with Crippen LogP contribution in [0.15, 0.2) is 0 Å². The summed E-state index contributed by atoms with van der Waals surface area (Å²) >= 11 is 0. The molecular weight excluding hydrogens is 222 g/mol. The second kappa shape index (κ2) is 4.64. The van der Waals surface area contributed by atoms with E-state index >= 15 is 0 Å². The predicted octanol–water partition coefficient (Wildman–Crippen LogP) is 1.31. The molecule has 0 aliphatic carbocycles. The second-order valence-electron chi connectivity index (χ2n) is 5.74. The van der Waals surface area contributed by atoms with Gasteiger partial charge in [0.1, 0.15) is 11.1 Å². The van der Waals surface area contributed by atoms with Crippen LogP contribution in [0.25, 0.3) is 0 Å². The standard InChI is InChI=1S/C12H21NO4/c1-8-5-6-12(13-8,7-9(14)15)10(16)17-11(2,3)4/h8,13H,5-7H2,1-4H3,(H,14,15)/t8-,12-/m0/s1. The number of carboxylic acids is 1. The molecule has 0 radical (unpaired) electrons. The molecule has 1 heterocycles. The molecule has 1 saturated heterocycles. The van der Waals surface area contributed by atoms with E-state index in [2.05, 4.69) is 5.32 Å². The van der Waals surface area contributed by atoms with Gasteiger partial charge in [0.25, 0.3) is 0 Å². The summed E-state index contributed by atoms with van der Waals surface area (Å²) in [5.74, 6) is -1.45. The number of carbonyl (C=O) groups excluding carboxylic acids is 1. The Hall–Kier alpha value is -1.10. The van der Waals surface area contributed by atoms with Gasteiger partial charge in [-0.1, -0.05) is 0 Å². The Labute approximate surface area is 102 Å². The minimum Gasteiger partial charge on any atom is -0.481 e. The maximum atomic E-state index is 12.1. The number of rotatable bonds is 3. The van der Waals surface area contributed by atoms with Gasteiger partial charge >= 0.3 is 11.9 Å². The molecule has 1 rings (SSSR count). The number of carboxylic acid groups (broad SMARTS) is 1. The summed E-state index contributed by atoms with van der Waals surface area (Å²) in [6.07, 6.45) is 1.06. The largest absolute Gasteiger partial charge is 0.481 e. The van der Waals surface area contributed by atoms with E-state index in [4.69, 9.17) is 9.84 Å². The molecule has 2 N–H and O–H groups in total. The zero-order chi connectivity index (χ0) is 13.3. The lowest BCUT2D eigenvalue weighted by molar-refractivity contribution is -0.166. The lowest BCUT2D eigenvalue weighted by Crippen LogP contribution is -2.53. The van der Waals surface area contributed by atoms with Crippen molar-refractivity contribution in [2.24, 2.45) is 0 Å². The molecule has 1 aliphatic rings. The van der Waals surface area contributed by atoms with Gasteiger partial charge in [-0.05, 0) is 40.5 Å². The van der Waals surface area contributed by atoms with Crippen molar-refractivity contribution in [3.05, 3.63) is 0 Å². The fourth-order valence-corrected chi connectivity index (χ4v) is 2.09. The zero-order valence-corrected chi connectivity index (χ0v) is 10.9. The fourth-order valence-electron chi connectivity index (χ4n) is 2.09. The minimum atomic E-state index is -1.06. The van der Waals surface area contributed by atoms with Crippen molar-refractivity contribution in [2.45, 2.75) is 64.1 Å². The summed E-state index contributed by atoms with van der Waals surface area (Å²) in [4.78, 5) is 23.0. The molecular formula is C12H21NO4. The van der Waals surface area contributed by atoms with Gasteiger partial charge in [-0.25, -0.2) is 0 Å². The molecule has 0 aromatic heterocycles. The third kappa shape index (κ3) is 3.70. The molecule has 0 aromatic rings. The summed E-state index contributed by atoms with van der Waals surface area (Å²) < 4.78 is 5.31. The molecule has 5 heteroatoms. The van der Waals surface area contributed by atoms with Crippen LogP contribution >= 0.6 is 0 Å². The van der Waals surface area contributed by atoms with Gasteiger partial charge < -0.3 is 9.84 Å². The van der Waals surface area contributed by atoms with E-state index in [-0.39, 0.29) is 12.5 Å². The van der Waals surface area contributed by atoms with Crippen LogP contribution in [0.4, 0.5) is 0 Å². The summed E-state index contributed by atoms with van der Waals surface area (Å²) in [5, 5.41) is 12.0. The topological polar surface area (TPSA) is 75.6 Å². The molecule has 0 spiro atoms. The Bertz CT molecular complexity index is 321. The van der Waals surface area contributed by atoms with Crippen molar-refractivity contribution in [1.29, 1.82) is 0 Å². The SMILES string of the molecule is C[C@H]1CC[C@](CC(=O)O)(C(=O)OC(C)(C)C)N1. The Morgan fingerprint density at radius 1 is 1.47 bits per heavy atom. The van der Waals surface area contributed by atoms with Crippen LogP contribution in [0.1, 0.15) is 47.0 Å². The predicted molar refractivity (Wildman–Crippen MR) is 62.7 cm³/mol. The Kier molecular flexibility index (Phi) is 3.81. The van der Waals surface area contributed by atoms with Crippen LogP contribution in [0.5, 0.6) is 0 Å². The van der Waals surface area contributed by atoms with E-state index in [0.717, 1.165) is 6.42 Å². The lowest BCUT2D eigenvalue weighted by Gasteiger charge is -2.30. The van der Waals surface area contributed by atoms with Crippen LogP contribution in [0.2, 0.25) is 0 Å². The van der Waals surface area contributed by atoms with Gasteiger partial charge in [0.2, 0.25) is 0 Å². The van der Waals surface area contributed by atoms with E-state index in [1.165, 1.54) is 0 Å². The summed E-state index contributed by atoms with van der Waals surface area (Å²) in [6.45, 7) is 7.27. The maximum absolute atomic E-state index is 12.1. The highest BCUT2D eigenvalue weighted by Gasteiger charge is 2.47. The van der Waals surface area contributed by atoms with Gasteiger partial charge in [-0.3, -0.25) is 14.9 Å². The Morgan fingerprint density at radius 2 is 2.06 bits per heavy atom. The molecule has 0 bridgehead atoms. The highest BCUT2D eigenvalue weighted by molar-refractivity contribution is 5.87.